The molecule has 0 radical (unpaired) electrons. The number of aromatic nitrogens is 1. The van der Waals surface area contributed by atoms with E-state index in [0.29, 0.717) is 6.67 Å². The van der Waals surface area contributed by atoms with Crippen molar-refractivity contribution in [1.29, 1.82) is 0 Å². The number of carbonyl (C=O) groups is 2. The third-order valence-electron chi connectivity index (χ3n) is 7.17. The quantitative estimate of drug-likeness (QED) is 0.735. The molecule has 0 bridgehead atoms. The number of rotatable bonds is 4. The van der Waals surface area contributed by atoms with Crippen molar-refractivity contribution < 1.29 is 9.59 Å². The molecule has 31 heavy (non-hydrogen) atoms. The van der Waals surface area contributed by atoms with Crippen LogP contribution >= 0.6 is 11.3 Å². The van der Waals surface area contributed by atoms with Crippen LogP contribution in [-0.2, 0) is 4.79 Å². The molecule has 2 aliphatic heterocycles. The standard InChI is InChI=1S/C23H31N5O2S/c1-17(20-24-18-8-4-5-9-19(18)31-20)27-14-12-26(13-15-27)16-28-21(29)23(25-22(28)30)10-6-2-3-7-11-23/h4-5,8-9,17H,2-3,6-7,10-16H2,1H3,(H,25,30). The maximum absolute atomic E-state index is 13.2. The summed E-state index contributed by atoms with van der Waals surface area (Å²) in [6.07, 6.45) is 5.90. The van der Waals surface area contributed by atoms with Crippen LogP contribution in [-0.4, -0.2) is 70.0 Å². The van der Waals surface area contributed by atoms with E-state index >= 15 is 0 Å². The second-order valence-electron chi connectivity index (χ2n) is 9.15. The normalized spacial score (nSPS) is 24.0. The average molecular weight is 442 g/mol. The molecule has 1 spiro atoms. The molecule has 1 N–H and O–H groups in total. The maximum atomic E-state index is 13.2. The minimum Gasteiger partial charge on any atom is -0.323 e. The number of fused-ring (bicyclic) bond motifs is 1. The van der Waals surface area contributed by atoms with Crippen molar-refractivity contribution in [2.45, 2.75) is 57.0 Å². The fourth-order valence-corrected chi connectivity index (χ4v) is 6.25. The largest absolute Gasteiger partial charge is 0.326 e. The molecule has 3 amide bonds. The van der Waals surface area contributed by atoms with Crippen LogP contribution in [0, 0.1) is 0 Å². The molecule has 1 atom stereocenters. The van der Waals surface area contributed by atoms with E-state index in [1.165, 1.54) is 9.60 Å². The summed E-state index contributed by atoms with van der Waals surface area (Å²) < 4.78 is 1.23. The van der Waals surface area contributed by atoms with Crippen molar-refractivity contribution in [2.24, 2.45) is 0 Å². The summed E-state index contributed by atoms with van der Waals surface area (Å²) in [6, 6.07) is 8.34. The number of imide groups is 1. The Morgan fingerprint density at radius 2 is 1.77 bits per heavy atom. The number of hydrogen-bond donors (Lipinski definition) is 1. The third-order valence-corrected chi connectivity index (χ3v) is 8.37. The van der Waals surface area contributed by atoms with Crippen molar-refractivity contribution in [3.05, 3.63) is 29.3 Å². The van der Waals surface area contributed by atoms with Gasteiger partial charge in [0.25, 0.3) is 5.91 Å². The van der Waals surface area contributed by atoms with Gasteiger partial charge in [-0.1, -0.05) is 37.8 Å². The number of thiazole rings is 1. The Labute approximate surface area is 187 Å². The highest BCUT2D eigenvalue weighted by molar-refractivity contribution is 7.18. The maximum Gasteiger partial charge on any atom is 0.326 e. The SMILES string of the molecule is CC(c1nc2ccccc2s1)N1CCN(CN2C(=O)NC3(CCCCCC3)C2=O)CC1. The summed E-state index contributed by atoms with van der Waals surface area (Å²) in [5.74, 6) is -0.00956. The topological polar surface area (TPSA) is 68.8 Å². The first kappa shape index (κ1) is 20.8. The van der Waals surface area contributed by atoms with Crippen LogP contribution in [0.15, 0.2) is 24.3 Å². The monoisotopic (exact) mass is 441 g/mol. The molecular weight excluding hydrogens is 410 g/mol. The van der Waals surface area contributed by atoms with Crippen molar-refractivity contribution in [3.8, 4) is 0 Å². The molecule has 8 heteroatoms. The van der Waals surface area contributed by atoms with E-state index in [2.05, 4.69) is 40.2 Å². The summed E-state index contributed by atoms with van der Waals surface area (Å²) >= 11 is 1.77. The Hall–Kier alpha value is -2.03. The minimum atomic E-state index is -0.642. The van der Waals surface area contributed by atoms with Gasteiger partial charge in [0.15, 0.2) is 0 Å². The molecule has 3 fully saturated rings. The van der Waals surface area contributed by atoms with Crippen LogP contribution in [0.5, 0.6) is 0 Å². The summed E-state index contributed by atoms with van der Waals surface area (Å²) in [5, 5.41) is 4.21. The lowest BCUT2D eigenvalue weighted by Crippen LogP contribution is -2.52. The zero-order valence-corrected chi connectivity index (χ0v) is 19.0. The number of para-hydroxylation sites is 1. The number of hydrogen-bond acceptors (Lipinski definition) is 6. The van der Waals surface area contributed by atoms with Gasteiger partial charge < -0.3 is 5.32 Å². The molecule has 1 aromatic heterocycles. The minimum absolute atomic E-state index is 0.00956. The lowest BCUT2D eigenvalue weighted by Gasteiger charge is -2.38. The molecule has 1 aliphatic carbocycles. The Balaban J connectivity index is 1.19. The van der Waals surface area contributed by atoms with Gasteiger partial charge in [-0.2, -0.15) is 0 Å². The fourth-order valence-electron chi connectivity index (χ4n) is 5.19. The molecule has 5 rings (SSSR count). The molecule has 2 aromatic rings. The Morgan fingerprint density at radius 3 is 2.48 bits per heavy atom. The van der Waals surface area contributed by atoms with E-state index in [-0.39, 0.29) is 18.0 Å². The van der Waals surface area contributed by atoms with Crippen LogP contribution in [0.3, 0.4) is 0 Å². The van der Waals surface area contributed by atoms with E-state index in [0.717, 1.165) is 75.2 Å². The number of carbonyl (C=O) groups excluding carboxylic acids is 2. The predicted molar refractivity (Wildman–Crippen MR) is 122 cm³/mol. The highest BCUT2D eigenvalue weighted by Crippen LogP contribution is 2.33. The molecule has 2 saturated heterocycles. The van der Waals surface area contributed by atoms with E-state index in [4.69, 9.17) is 4.98 Å². The van der Waals surface area contributed by atoms with Gasteiger partial charge in [0.2, 0.25) is 0 Å². The van der Waals surface area contributed by atoms with Crippen LogP contribution in [0.1, 0.15) is 56.5 Å². The summed E-state index contributed by atoms with van der Waals surface area (Å²) in [6.45, 7) is 6.13. The second kappa shape index (κ2) is 8.48. The first-order valence-electron chi connectivity index (χ1n) is 11.5. The highest BCUT2D eigenvalue weighted by Gasteiger charge is 2.51. The number of nitrogens with zero attached hydrogens (tertiary/aromatic N) is 4. The lowest BCUT2D eigenvalue weighted by molar-refractivity contribution is -0.133. The third kappa shape index (κ3) is 3.97. The van der Waals surface area contributed by atoms with E-state index in [1.807, 2.05) is 6.07 Å². The number of urea groups is 1. The number of amides is 3. The van der Waals surface area contributed by atoms with Crippen LogP contribution in [0.2, 0.25) is 0 Å². The summed E-state index contributed by atoms with van der Waals surface area (Å²) in [4.78, 5) is 36.8. The van der Waals surface area contributed by atoms with Crippen LogP contribution in [0.25, 0.3) is 10.2 Å². The molecular formula is C23H31N5O2S. The molecule has 7 nitrogen and oxygen atoms in total. The van der Waals surface area contributed by atoms with Gasteiger partial charge in [-0.15, -0.1) is 11.3 Å². The van der Waals surface area contributed by atoms with Gasteiger partial charge in [-0.05, 0) is 31.9 Å². The van der Waals surface area contributed by atoms with Gasteiger partial charge in [0.1, 0.15) is 10.5 Å². The van der Waals surface area contributed by atoms with Gasteiger partial charge in [-0.25, -0.2) is 14.7 Å². The van der Waals surface area contributed by atoms with Gasteiger partial charge in [0, 0.05) is 26.2 Å². The Morgan fingerprint density at radius 1 is 1.06 bits per heavy atom. The van der Waals surface area contributed by atoms with Gasteiger partial charge in [0.05, 0.1) is 22.9 Å². The van der Waals surface area contributed by atoms with Crippen molar-refractivity contribution in [1.82, 2.24) is 25.0 Å². The molecule has 1 saturated carbocycles. The summed E-state index contributed by atoms with van der Waals surface area (Å²) in [7, 11) is 0. The van der Waals surface area contributed by atoms with E-state index < -0.39 is 5.54 Å². The first-order chi connectivity index (χ1) is 15.1. The average Bonchev–Trinajstić information content (AvgIpc) is 3.20. The van der Waals surface area contributed by atoms with Crippen molar-refractivity contribution in [2.75, 3.05) is 32.8 Å². The number of nitrogens with one attached hydrogen (secondary N) is 1. The zero-order valence-electron chi connectivity index (χ0n) is 18.2. The second-order valence-corrected chi connectivity index (χ2v) is 10.2. The Kier molecular flexibility index (Phi) is 5.71. The fraction of sp³-hybridized carbons (Fsp3) is 0.609. The molecule has 3 aliphatic rings. The zero-order chi connectivity index (χ0) is 21.4. The molecule has 3 heterocycles. The Bertz CT molecular complexity index is 927. The molecule has 1 aromatic carbocycles. The van der Waals surface area contributed by atoms with E-state index in [9.17, 15) is 9.59 Å². The highest BCUT2D eigenvalue weighted by atomic mass is 32.1. The molecule has 166 valence electrons. The number of piperazine rings is 1. The van der Waals surface area contributed by atoms with Gasteiger partial charge in [-0.3, -0.25) is 14.6 Å². The van der Waals surface area contributed by atoms with Gasteiger partial charge >= 0.3 is 6.03 Å². The summed E-state index contributed by atoms with van der Waals surface area (Å²) in [5.41, 5.74) is 0.426. The van der Waals surface area contributed by atoms with E-state index in [1.54, 1.807) is 11.3 Å². The smallest absolute Gasteiger partial charge is 0.323 e. The molecule has 1 unspecified atom stereocenters. The van der Waals surface area contributed by atoms with Crippen molar-refractivity contribution in [3.63, 3.8) is 0 Å². The van der Waals surface area contributed by atoms with Crippen LogP contribution in [0.4, 0.5) is 4.79 Å². The number of benzene rings is 1. The van der Waals surface area contributed by atoms with Crippen molar-refractivity contribution >= 4 is 33.5 Å². The lowest BCUT2D eigenvalue weighted by atomic mass is 9.90. The van der Waals surface area contributed by atoms with Crippen LogP contribution < -0.4 is 5.32 Å². The first-order valence-corrected chi connectivity index (χ1v) is 12.3. The predicted octanol–water partition coefficient (Wildman–Crippen LogP) is 3.58.